The summed E-state index contributed by atoms with van der Waals surface area (Å²) in [6.45, 7) is 2.51. The predicted molar refractivity (Wildman–Crippen MR) is 149 cm³/mol. The number of halogens is 2. The van der Waals surface area contributed by atoms with E-state index in [2.05, 4.69) is 48.6 Å². The van der Waals surface area contributed by atoms with Gasteiger partial charge in [0.25, 0.3) is 5.56 Å². The first-order valence-corrected chi connectivity index (χ1v) is 13.0. The average Bonchev–Trinajstić information content (AvgIpc) is 3.35. The molecule has 0 saturated heterocycles. The SMILES string of the molecule is CCc1nc2ccc(Br)cc2c(=O)n1N=Cc1cc(I)c(OCc2ccc3c(c2)OCO3)c(OC)c1. The van der Waals surface area contributed by atoms with Crippen LogP contribution >= 0.6 is 38.5 Å². The quantitative estimate of drug-likeness (QED) is 0.192. The van der Waals surface area contributed by atoms with E-state index in [9.17, 15) is 4.79 Å². The molecule has 4 aromatic rings. The molecule has 2 heterocycles. The van der Waals surface area contributed by atoms with Gasteiger partial charge in [-0.2, -0.15) is 9.78 Å². The molecule has 0 saturated carbocycles. The summed E-state index contributed by atoms with van der Waals surface area (Å²) in [5.41, 5.74) is 2.13. The maximum atomic E-state index is 13.1. The maximum Gasteiger partial charge on any atom is 0.282 e. The Morgan fingerprint density at radius 2 is 2.00 bits per heavy atom. The number of aromatic nitrogens is 2. The van der Waals surface area contributed by atoms with E-state index in [1.165, 1.54) is 4.68 Å². The molecule has 0 N–H and O–H groups in total. The van der Waals surface area contributed by atoms with Gasteiger partial charge in [-0.3, -0.25) is 4.79 Å². The number of fused-ring (bicyclic) bond motifs is 2. The summed E-state index contributed by atoms with van der Waals surface area (Å²) >= 11 is 5.62. The Morgan fingerprint density at radius 3 is 2.81 bits per heavy atom. The van der Waals surface area contributed by atoms with Crippen molar-refractivity contribution in [1.29, 1.82) is 0 Å². The number of hydrogen-bond acceptors (Lipinski definition) is 7. The van der Waals surface area contributed by atoms with Crippen molar-refractivity contribution in [3.05, 3.63) is 83.9 Å². The van der Waals surface area contributed by atoms with Crippen LogP contribution in [0.2, 0.25) is 0 Å². The molecule has 1 aromatic heterocycles. The van der Waals surface area contributed by atoms with Gasteiger partial charge in [0.05, 0.1) is 27.8 Å². The second kappa shape index (κ2) is 10.5. The molecular formula is C26H21BrIN3O5. The highest BCUT2D eigenvalue weighted by atomic mass is 127. The van der Waals surface area contributed by atoms with Crippen molar-refractivity contribution in [2.24, 2.45) is 5.10 Å². The number of rotatable bonds is 7. The molecule has 0 spiro atoms. The summed E-state index contributed by atoms with van der Waals surface area (Å²) in [5, 5.41) is 4.97. The van der Waals surface area contributed by atoms with E-state index < -0.39 is 0 Å². The largest absolute Gasteiger partial charge is 0.493 e. The predicted octanol–water partition coefficient (Wildman–Crippen LogP) is 5.52. The summed E-state index contributed by atoms with van der Waals surface area (Å²) < 4.78 is 25.5. The first-order valence-electron chi connectivity index (χ1n) is 11.1. The van der Waals surface area contributed by atoms with Gasteiger partial charge in [-0.15, -0.1) is 0 Å². The lowest BCUT2D eigenvalue weighted by molar-refractivity contribution is 0.174. The van der Waals surface area contributed by atoms with Crippen molar-refractivity contribution in [3.8, 4) is 23.0 Å². The molecule has 0 amide bonds. The van der Waals surface area contributed by atoms with Gasteiger partial charge in [0.15, 0.2) is 23.0 Å². The molecular weight excluding hydrogens is 641 g/mol. The zero-order valence-corrected chi connectivity index (χ0v) is 23.2. The molecule has 10 heteroatoms. The Kier molecular flexibility index (Phi) is 7.15. The van der Waals surface area contributed by atoms with Crippen LogP contribution in [0.1, 0.15) is 23.9 Å². The number of aryl methyl sites for hydroxylation is 1. The Hall–Kier alpha value is -3.12. The van der Waals surface area contributed by atoms with Crippen LogP contribution in [-0.2, 0) is 13.0 Å². The molecule has 5 rings (SSSR count). The third-order valence-corrected chi connectivity index (χ3v) is 6.88. The Bertz CT molecular complexity index is 1550. The number of ether oxygens (including phenoxy) is 4. The third-order valence-electron chi connectivity index (χ3n) is 5.59. The zero-order valence-electron chi connectivity index (χ0n) is 19.5. The van der Waals surface area contributed by atoms with Crippen molar-refractivity contribution in [2.75, 3.05) is 13.9 Å². The van der Waals surface area contributed by atoms with Gasteiger partial charge in [0, 0.05) is 10.9 Å². The number of nitrogens with zero attached hydrogens (tertiary/aromatic N) is 3. The van der Waals surface area contributed by atoms with Crippen molar-refractivity contribution in [1.82, 2.24) is 9.66 Å². The molecule has 1 aliphatic heterocycles. The van der Waals surface area contributed by atoms with E-state index >= 15 is 0 Å². The fourth-order valence-electron chi connectivity index (χ4n) is 3.81. The van der Waals surface area contributed by atoms with Crippen LogP contribution in [0.4, 0.5) is 0 Å². The summed E-state index contributed by atoms with van der Waals surface area (Å²) in [5.74, 6) is 3.20. The minimum Gasteiger partial charge on any atom is -0.493 e. The fourth-order valence-corrected chi connectivity index (χ4v) is 4.95. The van der Waals surface area contributed by atoms with Crippen LogP contribution in [0.5, 0.6) is 23.0 Å². The van der Waals surface area contributed by atoms with Gasteiger partial charge in [-0.1, -0.05) is 28.9 Å². The lowest BCUT2D eigenvalue weighted by atomic mass is 10.2. The Labute approximate surface area is 229 Å². The van der Waals surface area contributed by atoms with Crippen LogP contribution in [0, 0.1) is 3.57 Å². The second-order valence-electron chi connectivity index (χ2n) is 7.91. The van der Waals surface area contributed by atoms with E-state index in [1.807, 2.05) is 49.4 Å². The lowest BCUT2D eigenvalue weighted by Crippen LogP contribution is -2.22. The number of hydrogen-bond donors (Lipinski definition) is 0. The fraction of sp³-hybridized carbons (Fsp3) is 0.192. The first-order chi connectivity index (χ1) is 17.5. The van der Waals surface area contributed by atoms with Crippen LogP contribution in [0.3, 0.4) is 0 Å². The number of benzene rings is 3. The second-order valence-corrected chi connectivity index (χ2v) is 9.99. The summed E-state index contributed by atoms with van der Waals surface area (Å²) in [6, 6.07) is 14.9. The van der Waals surface area contributed by atoms with E-state index in [-0.39, 0.29) is 12.4 Å². The maximum absolute atomic E-state index is 13.1. The van der Waals surface area contributed by atoms with E-state index in [0.717, 1.165) is 24.9 Å². The van der Waals surface area contributed by atoms with Crippen molar-refractivity contribution < 1.29 is 18.9 Å². The van der Waals surface area contributed by atoms with E-state index in [1.54, 1.807) is 19.4 Å². The van der Waals surface area contributed by atoms with Gasteiger partial charge >= 0.3 is 0 Å². The van der Waals surface area contributed by atoms with E-state index in [4.69, 9.17) is 18.9 Å². The monoisotopic (exact) mass is 661 g/mol. The molecule has 0 atom stereocenters. The normalized spacial score (nSPS) is 12.4. The third kappa shape index (κ3) is 4.92. The van der Waals surface area contributed by atoms with Crippen LogP contribution in [-0.4, -0.2) is 29.8 Å². The van der Waals surface area contributed by atoms with Gasteiger partial charge in [-0.05, 0) is 76.2 Å². The summed E-state index contributed by atoms with van der Waals surface area (Å²) in [4.78, 5) is 17.8. The molecule has 184 valence electrons. The minimum atomic E-state index is -0.222. The average molecular weight is 662 g/mol. The highest BCUT2D eigenvalue weighted by molar-refractivity contribution is 14.1. The van der Waals surface area contributed by atoms with Gasteiger partial charge < -0.3 is 18.9 Å². The Balaban J connectivity index is 1.42. The highest BCUT2D eigenvalue weighted by Gasteiger charge is 2.16. The standard InChI is InChI=1S/C26H21BrIN3O5/c1-3-24-30-20-6-5-17(27)11-18(20)26(32)31(24)29-12-16-8-19(28)25(23(10-16)33-2)34-13-15-4-7-21-22(9-15)36-14-35-21/h4-12H,3,13-14H2,1-2H3. The number of methoxy groups -OCH3 is 1. The molecule has 3 aromatic carbocycles. The van der Waals surface area contributed by atoms with Gasteiger partial charge in [0.1, 0.15) is 12.4 Å². The van der Waals surface area contributed by atoms with Gasteiger partial charge in [-0.25, -0.2) is 4.98 Å². The van der Waals surface area contributed by atoms with Crippen molar-refractivity contribution in [2.45, 2.75) is 20.0 Å². The van der Waals surface area contributed by atoms with Crippen molar-refractivity contribution in [3.63, 3.8) is 0 Å². The molecule has 36 heavy (non-hydrogen) atoms. The Morgan fingerprint density at radius 1 is 1.17 bits per heavy atom. The smallest absolute Gasteiger partial charge is 0.282 e. The molecule has 0 radical (unpaired) electrons. The van der Waals surface area contributed by atoms with Crippen molar-refractivity contribution >= 4 is 55.6 Å². The molecule has 0 unspecified atom stereocenters. The van der Waals surface area contributed by atoms with Crippen LogP contribution in [0.25, 0.3) is 10.9 Å². The zero-order chi connectivity index (χ0) is 25.2. The first kappa shape index (κ1) is 24.6. The topological polar surface area (TPSA) is 84.2 Å². The molecule has 1 aliphatic rings. The lowest BCUT2D eigenvalue weighted by Gasteiger charge is -2.14. The minimum absolute atomic E-state index is 0.222. The van der Waals surface area contributed by atoms with E-state index in [0.29, 0.717) is 47.0 Å². The summed E-state index contributed by atoms with van der Waals surface area (Å²) in [7, 11) is 1.59. The molecule has 0 fully saturated rings. The molecule has 0 bridgehead atoms. The molecule has 0 aliphatic carbocycles. The highest BCUT2D eigenvalue weighted by Crippen LogP contribution is 2.36. The molecule has 8 nitrogen and oxygen atoms in total. The van der Waals surface area contributed by atoms with Gasteiger partial charge in [0.2, 0.25) is 6.79 Å². The van der Waals surface area contributed by atoms with Crippen LogP contribution in [0.15, 0.2) is 62.9 Å². The summed E-state index contributed by atoms with van der Waals surface area (Å²) in [6.07, 6.45) is 2.18. The van der Waals surface area contributed by atoms with Crippen LogP contribution < -0.4 is 24.5 Å².